The van der Waals surface area contributed by atoms with E-state index in [1.165, 1.54) is 12.8 Å². The molecule has 1 fully saturated rings. The van der Waals surface area contributed by atoms with Crippen LogP contribution in [0.15, 0.2) is 42.7 Å². The zero-order valence-electron chi connectivity index (χ0n) is 14.4. The molecule has 3 N–H and O–H groups in total. The number of amides is 1. The Morgan fingerprint density at radius 2 is 2.24 bits per heavy atom. The van der Waals surface area contributed by atoms with Gasteiger partial charge < -0.3 is 15.8 Å². The summed E-state index contributed by atoms with van der Waals surface area (Å²) in [6.07, 6.45) is 9.26. The Kier molecular flexibility index (Phi) is 6.01. The summed E-state index contributed by atoms with van der Waals surface area (Å²) in [4.78, 5) is 16.4. The van der Waals surface area contributed by atoms with Gasteiger partial charge in [-0.25, -0.2) is 0 Å². The van der Waals surface area contributed by atoms with E-state index in [-0.39, 0.29) is 5.91 Å². The number of nitrogens with zero attached hydrogens (tertiary/aromatic N) is 1. The summed E-state index contributed by atoms with van der Waals surface area (Å²) in [6.45, 7) is 1.59. The molecule has 1 aromatic heterocycles. The molecular weight excluding hydrogens is 314 g/mol. The van der Waals surface area contributed by atoms with Crippen LogP contribution in [0.5, 0.6) is 0 Å². The summed E-state index contributed by atoms with van der Waals surface area (Å²) in [5.74, 6) is -0.0495. The molecule has 1 atom stereocenters. The normalized spacial score (nSPS) is 16.7. The minimum Gasteiger partial charge on any atom is -0.397 e. The van der Waals surface area contributed by atoms with Crippen LogP contribution in [0.1, 0.15) is 42.5 Å². The van der Waals surface area contributed by atoms with E-state index in [0.29, 0.717) is 23.9 Å². The Bertz CT molecular complexity index is 712. The molecule has 1 saturated heterocycles. The van der Waals surface area contributed by atoms with Crippen molar-refractivity contribution < 1.29 is 9.53 Å². The van der Waals surface area contributed by atoms with Crippen molar-refractivity contribution in [3.8, 4) is 11.1 Å². The van der Waals surface area contributed by atoms with Crippen LogP contribution in [-0.4, -0.2) is 30.1 Å². The molecule has 5 heteroatoms. The molecule has 0 bridgehead atoms. The number of benzene rings is 1. The molecule has 1 unspecified atom stereocenters. The number of rotatable bonds is 7. The van der Waals surface area contributed by atoms with Crippen molar-refractivity contribution in [1.29, 1.82) is 0 Å². The topological polar surface area (TPSA) is 77.2 Å². The second kappa shape index (κ2) is 8.62. The molecule has 1 aliphatic rings. The van der Waals surface area contributed by atoms with Crippen molar-refractivity contribution >= 4 is 11.6 Å². The van der Waals surface area contributed by atoms with Gasteiger partial charge in [-0.3, -0.25) is 9.78 Å². The number of pyridine rings is 1. The smallest absolute Gasteiger partial charge is 0.251 e. The minimum atomic E-state index is -0.0495. The van der Waals surface area contributed by atoms with E-state index >= 15 is 0 Å². The van der Waals surface area contributed by atoms with Crippen LogP contribution in [-0.2, 0) is 4.74 Å². The summed E-state index contributed by atoms with van der Waals surface area (Å²) < 4.78 is 5.61. The van der Waals surface area contributed by atoms with Gasteiger partial charge in [0.05, 0.1) is 18.0 Å². The van der Waals surface area contributed by atoms with Crippen LogP contribution in [0.3, 0.4) is 0 Å². The molecule has 0 saturated carbocycles. The Labute approximate surface area is 148 Å². The van der Waals surface area contributed by atoms with Crippen molar-refractivity contribution in [1.82, 2.24) is 10.3 Å². The minimum absolute atomic E-state index is 0.0495. The first-order valence-electron chi connectivity index (χ1n) is 8.94. The van der Waals surface area contributed by atoms with Gasteiger partial charge in [0.1, 0.15) is 0 Å². The molecule has 1 amide bonds. The highest BCUT2D eigenvalue weighted by Gasteiger charge is 2.14. The fourth-order valence-electron chi connectivity index (χ4n) is 3.17. The molecule has 1 aromatic carbocycles. The monoisotopic (exact) mass is 339 g/mol. The van der Waals surface area contributed by atoms with Gasteiger partial charge in [-0.2, -0.15) is 0 Å². The zero-order chi connectivity index (χ0) is 17.5. The number of nitrogens with one attached hydrogen (secondary N) is 1. The van der Waals surface area contributed by atoms with Gasteiger partial charge in [-0.05, 0) is 55.9 Å². The van der Waals surface area contributed by atoms with E-state index < -0.39 is 0 Å². The lowest BCUT2D eigenvalue weighted by Gasteiger charge is -2.10. The summed E-state index contributed by atoms with van der Waals surface area (Å²) in [5, 5.41) is 2.99. The van der Waals surface area contributed by atoms with Crippen LogP contribution >= 0.6 is 0 Å². The fourth-order valence-corrected chi connectivity index (χ4v) is 3.17. The first-order valence-corrected chi connectivity index (χ1v) is 8.94. The molecule has 132 valence electrons. The lowest BCUT2D eigenvalue weighted by atomic mass is 10.0. The number of hydrogen-bond acceptors (Lipinski definition) is 4. The maximum Gasteiger partial charge on any atom is 0.251 e. The van der Waals surface area contributed by atoms with Crippen LogP contribution < -0.4 is 11.1 Å². The van der Waals surface area contributed by atoms with Gasteiger partial charge in [-0.15, -0.1) is 0 Å². The van der Waals surface area contributed by atoms with Crippen LogP contribution in [0, 0.1) is 0 Å². The van der Waals surface area contributed by atoms with Crippen LogP contribution in [0.25, 0.3) is 11.1 Å². The molecule has 25 heavy (non-hydrogen) atoms. The predicted molar refractivity (Wildman–Crippen MR) is 99.2 cm³/mol. The summed E-state index contributed by atoms with van der Waals surface area (Å²) in [7, 11) is 0. The highest BCUT2D eigenvalue weighted by Crippen LogP contribution is 2.25. The molecule has 2 aromatic rings. The summed E-state index contributed by atoms with van der Waals surface area (Å²) >= 11 is 0. The Hall–Kier alpha value is -2.40. The second-order valence-electron chi connectivity index (χ2n) is 6.43. The molecule has 0 radical (unpaired) electrons. The number of nitrogens with two attached hydrogens (primary N) is 1. The number of hydrogen-bond donors (Lipinski definition) is 2. The van der Waals surface area contributed by atoms with Gasteiger partial charge in [0, 0.05) is 30.5 Å². The average Bonchev–Trinajstić information content (AvgIpc) is 3.15. The number of unbranched alkanes of at least 4 members (excludes halogenated alkanes) is 1. The molecule has 1 aliphatic heterocycles. The molecule has 5 nitrogen and oxygen atoms in total. The summed E-state index contributed by atoms with van der Waals surface area (Å²) in [6, 6.07) is 9.37. The molecule has 3 rings (SSSR count). The van der Waals surface area contributed by atoms with E-state index in [1.807, 2.05) is 30.3 Å². The largest absolute Gasteiger partial charge is 0.397 e. The third kappa shape index (κ3) is 4.79. The van der Waals surface area contributed by atoms with Crippen molar-refractivity contribution in [3.63, 3.8) is 0 Å². The highest BCUT2D eigenvalue weighted by molar-refractivity contribution is 5.95. The molecule has 0 aliphatic carbocycles. The first-order chi connectivity index (χ1) is 12.2. The van der Waals surface area contributed by atoms with Crippen molar-refractivity contribution in [2.75, 3.05) is 18.9 Å². The highest BCUT2D eigenvalue weighted by atomic mass is 16.5. The van der Waals surface area contributed by atoms with Gasteiger partial charge in [0.25, 0.3) is 5.91 Å². The predicted octanol–water partition coefficient (Wildman–Crippen LogP) is 3.41. The second-order valence-corrected chi connectivity index (χ2v) is 6.43. The molecule has 2 heterocycles. The maximum absolute atomic E-state index is 12.4. The number of nitrogen functional groups attached to an aromatic ring is 1. The van der Waals surface area contributed by atoms with E-state index in [4.69, 9.17) is 10.5 Å². The Morgan fingerprint density at radius 3 is 3.04 bits per heavy atom. The van der Waals surface area contributed by atoms with E-state index in [0.717, 1.165) is 37.0 Å². The van der Waals surface area contributed by atoms with E-state index in [1.54, 1.807) is 12.4 Å². The van der Waals surface area contributed by atoms with Gasteiger partial charge >= 0.3 is 0 Å². The first kappa shape index (κ1) is 17.4. The number of carbonyl (C=O) groups excluding carboxylic acids is 1. The van der Waals surface area contributed by atoms with Crippen LogP contribution in [0.4, 0.5) is 5.69 Å². The molecular formula is C20H25N3O2. The van der Waals surface area contributed by atoms with Gasteiger partial charge in [0.15, 0.2) is 0 Å². The molecule has 0 spiro atoms. The zero-order valence-corrected chi connectivity index (χ0v) is 14.4. The third-order valence-electron chi connectivity index (χ3n) is 4.55. The van der Waals surface area contributed by atoms with Crippen LogP contribution in [0.2, 0.25) is 0 Å². The third-order valence-corrected chi connectivity index (χ3v) is 4.55. The van der Waals surface area contributed by atoms with E-state index in [9.17, 15) is 4.79 Å². The van der Waals surface area contributed by atoms with Crippen molar-refractivity contribution in [2.24, 2.45) is 0 Å². The fraction of sp³-hybridized carbons (Fsp3) is 0.400. The van der Waals surface area contributed by atoms with Gasteiger partial charge in [-0.1, -0.05) is 12.1 Å². The van der Waals surface area contributed by atoms with E-state index in [2.05, 4.69) is 10.3 Å². The number of anilines is 1. The standard InChI is InChI=1S/C20H25N3O2/c21-19-14-22-11-9-18(19)15-5-3-6-16(13-15)20(24)23-10-2-1-7-17-8-4-12-25-17/h3,5-6,9,11,13-14,17H,1-2,4,7-8,10,12,21H2,(H,23,24). The Balaban J connectivity index is 1.50. The SMILES string of the molecule is Nc1cnccc1-c1cccc(C(=O)NCCCCC2CCCO2)c1. The average molecular weight is 339 g/mol. The van der Waals surface area contributed by atoms with Crippen molar-refractivity contribution in [2.45, 2.75) is 38.2 Å². The van der Waals surface area contributed by atoms with Gasteiger partial charge in [0.2, 0.25) is 0 Å². The number of aromatic nitrogens is 1. The maximum atomic E-state index is 12.4. The lowest BCUT2D eigenvalue weighted by molar-refractivity contribution is 0.0947. The quantitative estimate of drug-likeness (QED) is 0.758. The summed E-state index contributed by atoms with van der Waals surface area (Å²) in [5.41, 5.74) is 9.03. The Morgan fingerprint density at radius 1 is 1.32 bits per heavy atom. The van der Waals surface area contributed by atoms with Crippen molar-refractivity contribution in [3.05, 3.63) is 48.3 Å². The lowest BCUT2D eigenvalue weighted by Crippen LogP contribution is -2.24. The number of carbonyl (C=O) groups is 1. The number of ether oxygens (including phenoxy) is 1.